The molecule has 3 amide bonds. The van der Waals surface area contributed by atoms with Crippen molar-refractivity contribution in [3.05, 3.63) is 40.0 Å². The fraction of sp³-hybridized carbons (Fsp3) is 0.560. The highest BCUT2D eigenvalue weighted by Gasteiger charge is 2.23. The smallest absolute Gasteiger partial charge is 0.317 e. The first-order chi connectivity index (χ1) is 16.1. The van der Waals surface area contributed by atoms with Crippen LogP contribution in [0.15, 0.2) is 24.3 Å². The van der Waals surface area contributed by atoms with Crippen molar-refractivity contribution in [2.75, 3.05) is 25.0 Å². The standard InChI is InChI=1S/C25H37Cl2N5O2/c1-6-8-10-14-31(24(34)28-13-9-7-2)17-23(33)29-22-16-21(25(3,4)5)30-32(22)18-11-12-19(26)20(27)15-18/h11-12,15-16H,6-10,13-14,17H2,1-5H3,(H,28,34)(H,29,33). The van der Waals surface area contributed by atoms with Crippen molar-refractivity contribution in [2.45, 2.75) is 72.1 Å². The minimum Gasteiger partial charge on any atom is -0.338 e. The van der Waals surface area contributed by atoms with Crippen molar-refractivity contribution in [3.63, 3.8) is 0 Å². The van der Waals surface area contributed by atoms with Crippen molar-refractivity contribution in [2.24, 2.45) is 0 Å². The lowest BCUT2D eigenvalue weighted by Gasteiger charge is -2.22. The van der Waals surface area contributed by atoms with E-state index in [-0.39, 0.29) is 23.9 Å². The molecule has 34 heavy (non-hydrogen) atoms. The zero-order chi connectivity index (χ0) is 25.3. The first-order valence-corrected chi connectivity index (χ1v) is 12.7. The first kappa shape index (κ1) is 28.0. The normalized spacial score (nSPS) is 11.4. The Morgan fingerprint density at radius 2 is 1.74 bits per heavy atom. The lowest BCUT2D eigenvalue weighted by Crippen LogP contribution is -2.44. The Morgan fingerprint density at radius 3 is 2.35 bits per heavy atom. The highest BCUT2D eigenvalue weighted by Crippen LogP contribution is 2.29. The number of rotatable bonds is 11. The van der Waals surface area contributed by atoms with Crippen LogP contribution < -0.4 is 10.6 Å². The number of benzene rings is 1. The number of anilines is 1. The van der Waals surface area contributed by atoms with Gasteiger partial charge in [-0.2, -0.15) is 5.10 Å². The van der Waals surface area contributed by atoms with Crippen LogP contribution >= 0.6 is 23.2 Å². The molecule has 0 fully saturated rings. The Kier molecular flexibility index (Phi) is 10.7. The third-order valence-corrected chi connectivity index (χ3v) is 6.09. The fourth-order valence-electron chi connectivity index (χ4n) is 3.29. The number of carbonyl (C=O) groups excluding carboxylic acids is 2. The van der Waals surface area contributed by atoms with Crippen LogP contribution in [0.1, 0.15) is 72.4 Å². The van der Waals surface area contributed by atoms with Crippen molar-refractivity contribution in [1.82, 2.24) is 20.0 Å². The summed E-state index contributed by atoms with van der Waals surface area (Å²) in [6.07, 6.45) is 4.78. The summed E-state index contributed by atoms with van der Waals surface area (Å²) >= 11 is 12.3. The van der Waals surface area contributed by atoms with E-state index in [0.717, 1.165) is 37.8 Å². The van der Waals surface area contributed by atoms with E-state index in [2.05, 4.69) is 45.3 Å². The maximum atomic E-state index is 13.0. The van der Waals surface area contributed by atoms with E-state index >= 15 is 0 Å². The largest absolute Gasteiger partial charge is 0.338 e. The third kappa shape index (κ3) is 8.20. The molecule has 0 saturated carbocycles. The molecule has 0 unspecified atom stereocenters. The maximum Gasteiger partial charge on any atom is 0.317 e. The third-order valence-electron chi connectivity index (χ3n) is 5.35. The second kappa shape index (κ2) is 13.0. The molecule has 0 bridgehead atoms. The molecule has 0 atom stereocenters. The number of aromatic nitrogens is 2. The number of carbonyl (C=O) groups is 2. The molecule has 0 radical (unpaired) electrons. The quantitative estimate of drug-likeness (QED) is 0.343. The van der Waals surface area contributed by atoms with E-state index in [4.69, 9.17) is 28.3 Å². The average molecular weight is 511 g/mol. The maximum absolute atomic E-state index is 13.0. The number of hydrogen-bond donors (Lipinski definition) is 2. The predicted molar refractivity (Wildman–Crippen MR) is 140 cm³/mol. The van der Waals surface area contributed by atoms with Crippen LogP contribution in [0, 0.1) is 0 Å². The monoisotopic (exact) mass is 509 g/mol. The summed E-state index contributed by atoms with van der Waals surface area (Å²) in [4.78, 5) is 27.3. The van der Waals surface area contributed by atoms with Gasteiger partial charge in [-0.25, -0.2) is 9.48 Å². The molecule has 0 aliphatic carbocycles. The molecule has 1 aromatic heterocycles. The molecule has 0 spiro atoms. The molecule has 7 nitrogen and oxygen atoms in total. The molecule has 9 heteroatoms. The zero-order valence-electron chi connectivity index (χ0n) is 20.9. The van der Waals surface area contributed by atoms with Gasteiger partial charge < -0.3 is 15.5 Å². The second-order valence-electron chi connectivity index (χ2n) is 9.44. The molecule has 1 heterocycles. The highest BCUT2D eigenvalue weighted by molar-refractivity contribution is 6.42. The van der Waals surface area contributed by atoms with Crippen LogP contribution in [0.4, 0.5) is 10.6 Å². The van der Waals surface area contributed by atoms with Gasteiger partial charge in [0, 0.05) is 24.6 Å². The number of urea groups is 1. The van der Waals surface area contributed by atoms with Crippen molar-refractivity contribution in [1.29, 1.82) is 0 Å². The fourth-order valence-corrected chi connectivity index (χ4v) is 3.59. The molecule has 1 aromatic carbocycles. The first-order valence-electron chi connectivity index (χ1n) is 11.9. The average Bonchev–Trinajstić information content (AvgIpc) is 3.19. The Morgan fingerprint density at radius 1 is 1.03 bits per heavy atom. The predicted octanol–water partition coefficient (Wildman–Crippen LogP) is 6.42. The van der Waals surface area contributed by atoms with Crippen LogP contribution in [0.3, 0.4) is 0 Å². The summed E-state index contributed by atoms with van der Waals surface area (Å²) in [5, 5.41) is 11.4. The van der Waals surface area contributed by atoms with Crippen LogP contribution in [-0.4, -0.2) is 46.3 Å². The molecular weight excluding hydrogens is 473 g/mol. The Balaban J connectivity index is 2.24. The number of hydrogen-bond acceptors (Lipinski definition) is 3. The summed E-state index contributed by atoms with van der Waals surface area (Å²) in [7, 11) is 0. The molecule has 0 aliphatic heterocycles. The van der Waals surface area contributed by atoms with Gasteiger partial charge in [-0.05, 0) is 31.0 Å². The van der Waals surface area contributed by atoms with Gasteiger partial charge in [0.1, 0.15) is 12.4 Å². The Labute approximate surface area is 213 Å². The summed E-state index contributed by atoms with van der Waals surface area (Å²) in [5.74, 6) is 0.219. The lowest BCUT2D eigenvalue weighted by molar-refractivity contribution is -0.116. The van der Waals surface area contributed by atoms with E-state index in [1.165, 1.54) is 0 Å². The van der Waals surface area contributed by atoms with Crippen LogP contribution in [0.2, 0.25) is 10.0 Å². The van der Waals surface area contributed by atoms with E-state index in [9.17, 15) is 9.59 Å². The Hall–Kier alpha value is -2.25. The van der Waals surface area contributed by atoms with Gasteiger partial charge in [-0.3, -0.25) is 4.79 Å². The van der Waals surface area contributed by atoms with E-state index < -0.39 is 0 Å². The number of nitrogens with zero attached hydrogens (tertiary/aromatic N) is 3. The van der Waals surface area contributed by atoms with Gasteiger partial charge in [0.15, 0.2) is 0 Å². The summed E-state index contributed by atoms with van der Waals surface area (Å²) in [5.41, 5.74) is 1.26. The van der Waals surface area contributed by atoms with Gasteiger partial charge in [0.25, 0.3) is 0 Å². The SMILES string of the molecule is CCCCCN(CC(=O)Nc1cc(C(C)(C)C)nn1-c1ccc(Cl)c(Cl)c1)C(=O)NCCCC. The van der Waals surface area contributed by atoms with Gasteiger partial charge in [-0.1, -0.05) is 77.1 Å². The number of halogens is 2. The van der Waals surface area contributed by atoms with Crippen LogP contribution in [-0.2, 0) is 10.2 Å². The zero-order valence-corrected chi connectivity index (χ0v) is 22.4. The topological polar surface area (TPSA) is 79.3 Å². The molecule has 2 aromatic rings. The van der Waals surface area contributed by atoms with Gasteiger partial charge in [0.05, 0.1) is 21.4 Å². The molecule has 188 valence electrons. The molecule has 0 aliphatic rings. The van der Waals surface area contributed by atoms with Crippen molar-refractivity contribution in [3.8, 4) is 5.69 Å². The Bertz CT molecular complexity index is 969. The molecule has 2 N–H and O–H groups in total. The number of nitrogens with one attached hydrogen (secondary N) is 2. The molecule has 0 saturated heterocycles. The number of unbranched alkanes of at least 4 members (excludes halogenated alkanes) is 3. The van der Waals surface area contributed by atoms with Crippen LogP contribution in [0.5, 0.6) is 0 Å². The van der Waals surface area contributed by atoms with E-state index in [0.29, 0.717) is 34.6 Å². The summed E-state index contributed by atoms with van der Waals surface area (Å²) in [6, 6.07) is 6.83. The summed E-state index contributed by atoms with van der Waals surface area (Å²) < 4.78 is 1.64. The van der Waals surface area contributed by atoms with Gasteiger partial charge in [-0.15, -0.1) is 0 Å². The summed E-state index contributed by atoms with van der Waals surface area (Å²) in [6.45, 7) is 11.4. The highest BCUT2D eigenvalue weighted by atomic mass is 35.5. The molecular formula is C25H37Cl2N5O2. The second-order valence-corrected chi connectivity index (χ2v) is 10.3. The minimum atomic E-state index is -0.288. The van der Waals surface area contributed by atoms with E-state index in [1.54, 1.807) is 27.8 Å². The van der Waals surface area contributed by atoms with Crippen LogP contribution in [0.25, 0.3) is 5.69 Å². The van der Waals surface area contributed by atoms with E-state index in [1.807, 2.05) is 6.07 Å². The van der Waals surface area contributed by atoms with Gasteiger partial charge in [0.2, 0.25) is 5.91 Å². The molecule has 2 rings (SSSR count). The van der Waals surface area contributed by atoms with Crippen molar-refractivity contribution >= 4 is 41.0 Å². The van der Waals surface area contributed by atoms with Crippen molar-refractivity contribution < 1.29 is 9.59 Å². The lowest BCUT2D eigenvalue weighted by atomic mass is 9.92. The number of amides is 3. The minimum absolute atomic E-state index is 0.0426. The van der Waals surface area contributed by atoms with Gasteiger partial charge >= 0.3 is 6.03 Å².